The van der Waals surface area contributed by atoms with Crippen LogP contribution in [0.15, 0.2) is 30.3 Å². The van der Waals surface area contributed by atoms with Crippen LogP contribution in [0.5, 0.6) is 0 Å². The van der Waals surface area contributed by atoms with Crippen LogP contribution in [0, 0.1) is 0 Å². The van der Waals surface area contributed by atoms with Crippen molar-refractivity contribution < 1.29 is 9.94 Å². The minimum absolute atomic E-state index is 0.698. The number of hydrogen-bond acceptors (Lipinski definition) is 3. The van der Waals surface area contributed by atoms with Crippen molar-refractivity contribution in [2.75, 3.05) is 14.2 Å². The molecule has 0 amide bonds. The molecule has 0 aliphatic carbocycles. The second-order valence-corrected chi connectivity index (χ2v) is 2.51. The summed E-state index contributed by atoms with van der Waals surface area (Å²) in [6.07, 6.45) is -0.698. The summed E-state index contributed by atoms with van der Waals surface area (Å²) in [5.74, 6) is 0. The third-order valence-electron chi connectivity index (χ3n) is 1.73. The van der Waals surface area contributed by atoms with Crippen molar-refractivity contribution in [3.63, 3.8) is 0 Å². The monoisotopic (exact) mass is 167 g/mol. The summed E-state index contributed by atoms with van der Waals surface area (Å²) in [6.45, 7) is 0. The molecule has 1 aromatic rings. The Labute approximate surface area is 72.1 Å². The van der Waals surface area contributed by atoms with Crippen LogP contribution in [0.2, 0.25) is 0 Å². The third-order valence-corrected chi connectivity index (χ3v) is 1.73. The summed E-state index contributed by atoms with van der Waals surface area (Å²) in [7, 11) is 3.20. The molecular weight excluding hydrogens is 154 g/mol. The molecule has 1 N–H and O–H groups in total. The summed E-state index contributed by atoms with van der Waals surface area (Å²) < 4.78 is 0. The number of benzene rings is 1. The van der Waals surface area contributed by atoms with Gasteiger partial charge in [-0.1, -0.05) is 30.3 Å². The van der Waals surface area contributed by atoms with E-state index < -0.39 is 6.23 Å². The van der Waals surface area contributed by atoms with Gasteiger partial charge in [-0.25, -0.2) is 0 Å². The summed E-state index contributed by atoms with van der Waals surface area (Å²) in [4.78, 5) is 4.85. The van der Waals surface area contributed by atoms with Gasteiger partial charge in [0.05, 0.1) is 7.11 Å². The lowest BCUT2D eigenvalue weighted by Gasteiger charge is -2.20. The topological polar surface area (TPSA) is 32.7 Å². The SMILES string of the molecule is CON(C)C(O)c1ccccc1. The van der Waals surface area contributed by atoms with E-state index in [1.54, 1.807) is 7.05 Å². The predicted octanol–water partition coefficient (Wildman–Crippen LogP) is 1.17. The minimum atomic E-state index is -0.698. The molecule has 1 unspecified atom stereocenters. The molecule has 0 bridgehead atoms. The van der Waals surface area contributed by atoms with Crippen molar-refractivity contribution >= 4 is 0 Å². The maximum absolute atomic E-state index is 9.59. The molecule has 0 saturated heterocycles. The van der Waals surface area contributed by atoms with E-state index in [1.807, 2.05) is 30.3 Å². The van der Waals surface area contributed by atoms with Crippen LogP contribution in [0.25, 0.3) is 0 Å². The Kier molecular flexibility index (Phi) is 3.22. The zero-order valence-electron chi connectivity index (χ0n) is 7.27. The molecule has 1 rings (SSSR count). The van der Waals surface area contributed by atoms with Crippen molar-refractivity contribution in [2.24, 2.45) is 0 Å². The standard InChI is InChI=1S/C9H13NO2/c1-10(12-2)9(11)8-6-4-3-5-7-8/h3-7,9,11H,1-2H3. The van der Waals surface area contributed by atoms with E-state index in [4.69, 9.17) is 4.84 Å². The lowest BCUT2D eigenvalue weighted by Crippen LogP contribution is -2.22. The zero-order chi connectivity index (χ0) is 8.97. The number of aliphatic hydroxyl groups excluding tert-OH is 1. The first-order valence-corrected chi connectivity index (χ1v) is 3.75. The van der Waals surface area contributed by atoms with E-state index in [0.29, 0.717) is 0 Å². The number of hydrogen-bond donors (Lipinski definition) is 1. The molecule has 0 radical (unpaired) electrons. The smallest absolute Gasteiger partial charge is 0.155 e. The van der Waals surface area contributed by atoms with E-state index >= 15 is 0 Å². The van der Waals surface area contributed by atoms with Crippen LogP contribution in [-0.2, 0) is 4.84 Å². The van der Waals surface area contributed by atoms with E-state index in [2.05, 4.69) is 0 Å². The molecule has 1 atom stereocenters. The minimum Gasteiger partial charge on any atom is -0.372 e. The highest BCUT2D eigenvalue weighted by atomic mass is 16.7. The van der Waals surface area contributed by atoms with Gasteiger partial charge in [0.1, 0.15) is 0 Å². The predicted molar refractivity (Wildman–Crippen MR) is 46.2 cm³/mol. The van der Waals surface area contributed by atoms with E-state index in [-0.39, 0.29) is 0 Å². The van der Waals surface area contributed by atoms with Crippen LogP contribution >= 0.6 is 0 Å². The normalized spacial score (nSPS) is 13.3. The van der Waals surface area contributed by atoms with E-state index in [0.717, 1.165) is 5.56 Å². The molecule has 3 heteroatoms. The molecule has 0 aromatic heterocycles. The second-order valence-electron chi connectivity index (χ2n) is 2.51. The van der Waals surface area contributed by atoms with Crippen LogP contribution in [0.4, 0.5) is 0 Å². The Bertz CT molecular complexity index is 225. The molecule has 0 saturated carbocycles. The fourth-order valence-corrected chi connectivity index (χ4v) is 0.935. The van der Waals surface area contributed by atoms with Crippen molar-refractivity contribution in [3.05, 3.63) is 35.9 Å². The maximum Gasteiger partial charge on any atom is 0.155 e. The van der Waals surface area contributed by atoms with Crippen molar-refractivity contribution in [2.45, 2.75) is 6.23 Å². The highest BCUT2D eigenvalue weighted by molar-refractivity contribution is 5.16. The summed E-state index contributed by atoms with van der Waals surface area (Å²) in [6, 6.07) is 9.35. The van der Waals surface area contributed by atoms with Gasteiger partial charge in [0.25, 0.3) is 0 Å². The molecule has 0 aliphatic rings. The largest absolute Gasteiger partial charge is 0.372 e. The first-order chi connectivity index (χ1) is 5.75. The van der Waals surface area contributed by atoms with E-state index in [9.17, 15) is 5.11 Å². The van der Waals surface area contributed by atoms with Gasteiger partial charge < -0.3 is 5.11 Å². The quantitative estimate of drug-likeness (QED) is 0.542. The highest BCUT2D eigenvalue weighted by Gasteiger charge is 2.11. The third kappa shape index (κ3) is 2.04. The van der Waals surface area contributed by atoms with Crippen LogP contribution < -0.4 is 0 Å². The fraction of sp³-hybridized carbons (Fsp3) is 0.333. The van der Waals surface area contributed by atoms with Crippen molar-refractivity contribution in [3.8, 4) is 0 Å². The fourth-order valence-electron chi connectivity index (χ4n) is 0.935. The summed E-state index contributed by atoms with van der Waals surface area (Å²) in [5, 5.41) is 11.0. The Morgan fingerprint density at radius 1 is 1.33 bits per heavy atom. The molecule has 66 valence electrons. The van der Waals surface area contributed by atoms with Gasteiger partial charge in [-0.05, 0) is 5.56 Å². The Hall–Kier alpha value is -0.900. The van der Waals surface area contributed by atoms with Gasteiger partial charge in [-0.2, -0.15) is 5.06 Å². The highest BCUT2D eigenvalue weighted by Crippen LogP contribution is 2.14. The van der Waals surface area contributed by atoms with Gasteiger partial charge >= 0.3 is 0 Å². The number of nitrogens with zero attached hydrogens (tertiary/aromatic N) is 1. The van der Waals surface area contributed by atoms with Gasteiger partial charge in [0.15, 0.2) is 6.23 Å². The lowest BCUT2D eigenvalue weighted by molar-refractivity contribution is -0.206. The Morgan fingerprint density at radius 2 is 1.92 bits per heavy atom. The van der Waals surface area contributed by atoms with Gasteiger partial charge in [-0.15, -0.1) is 0 Å². The van der Waals surface area contributed by atoms with Crippen LogP contribution in [0.3, 0.4) is 0 Å². The average molecular weight is 167 g/mol. The molecule has 0 spiro atoms. The molecule has 0 aliphatic heterocycles. The molecule has 3 nitrogen and oxygen atoms in total. The van der Waals surface area contributed by atoms with Crippen LogP contribution in [0.1, 0.15) is 11.8 Å². The second kappa shape index (κ2) is 4.21. The molecular formula is C9H13NO2. The maximum atomic E-state index is 9.59. The van der Waals surface area contributed by atoms with Gasteiger partial charge in [0.2, 0.25) is 0 Å². The Balaban J connectivity index is 2.71. The number of rotatable bonds is 3. The first-order valence-electron chi connectivity index (χ1n) is 3.75. The Morgan fingerprint density at radius 3 is 2.42 bits per heavy atom. The zero-order valence-corrected chi connectivity index (χ0v) is 7.27. The average Bonchev–Trinajstić information content (AvgIpc) is 2.17. The number of aliphatic hydroxyl groups is 1. The molecule has 0 heterocycles. The summed E-state index contributed by atoms with van der Waals surface area (Å²) >= 11 is 0. The summed E-state index contributed by atoms with van der Waals surface area (Å²) in [5.41, 5.74) is 0.821. The molecule has 0 fully saturated rings. The number of hydroxylamine groups is 2. The van der Waals surface area contributed by atoms with Crippen molar-refractivity contribution in [1.82, 2.24) is 5.06 Å². The van der Waals surface area contributed by atoms with Crippen LogP contribution in [-0.4, -0.2) is 24.3 Å². The van der Waals surface area contributed by atoms with E-state index in [1.165, 1.54) is 12.2 Å². The van der Waals surface area contributed by atoms with Gasteiger partial charge in [0, 0.05) is 7.05 Å². The van der Waals surface area contributed by atoms with Gasteiger partial charge in [-0.3, -0.25) is 4.84 Å². The molecule has 12 heavy (non-hydrogen) atoms. The lowest BCUT2D eigenvalue weighted by atomic mass is 10.2. The van der Waals surface area contributed by atoms with Crippen molar-refractivity contribution in [1.29, 1.82) is 0 Å². The molecule has 1 aromatic carbocycles. The first kappa shape index (κ1) is 9.19.